The Morgan fingerprint density at radius 3 is 2.50 bits per heavy atom. The number of unbranched alkanes of at least 4 members (excludes halogenated alkanes) is 2. The van der Waals surface area contributed by atoms with Gasteiger partial charge in [0.1, 0.15) is 6.10 Å². The van der Waals surface area contributed by atoms with E-state index < -0.39 is 6.09 Å². The topological polar surface area (TPSA) is 81.6 Å². The summed E-state index contributed by atoms with van der Waals surface area (Å²) in [6.45, 7) is 3.92. The molecule has 1 fully saturated rings. The number of amides is 1. The molecule has 0 bridgehead atoms. The van der Waals surface area contributed by atoms with Crippen LogP contribution in [0.25, 0.3) is 0 Å². The van der Waals surface area contributed by atoms with Gasteiger partial charge in [0.25, 0.3) is 0 Å². The molecule has 1 aliphatic heterocycles. The SMILES string of the molecule is NCCCCCN1CCC(OC(N)=O)CC1. The van der Waals surface area contributed by atoms with Crippen LogP contribution in [0.3, 0.4) is 0 Å². The van der Waals surface area contributed by atoms with Gasteiger partial charge < -0.3 is 21.1 Å². The van der Waals surface area contributed by atoms with Gasteiger partial charge in [0, 0.05) is 13.1 Å². The van der Waals surface area contributed by atoms with Crippen LogP contribution in [0.15, 0.2) is 0 Å². The fourth-order valence-corrected chi connectivity index (χ4v) is 2.07. The number of rotatable bonds is 6. The molecule has 0 aliphatic carbocycles. The summed E-state index contributed by atoms with van der Waals surface area (Å²) in [7, 11) is 0. The lowest BCUT2D eigenvalue weighted by atomic mass is 10.1. The maximum absolute atomic E-state index is 10.6. The van der Waals surface area contributed by atoms with Crippen molar-refractivity contribution in [3.63, 3.8) is 0 Å². The molecule has 4 N–H and O–H groups in total. The number of nitrogens with two attached hydrogens (primary N) is 2. The van der Waals surface area contributed by atoms with Crippen molar-refractivity contribution in [2.45, 2.75) is 38.2 Å². The third-order valence-corrected chi connectivity index (χ3v) is 3.00. The monoisotopic (exact) mass is 229 g/mol. The van der Waals surface area contributed by atoms with Crippen molar-refractivity contribution in [2.24, 2.45) is 11.5 Å². The molecule has 94 valence electrons. The molecule has 0 radical (unpaired) electrons. The Bertz CT molecular complexity index is 203. The number of ether oxygens (including phenoxy) is 1. The summed E-state index contributed by atoms with van der Waals surface area (Å²) in [5, 5.41) is 0. The number of likely N-dealkylation sites (tertiary alicyclic amines) is 1. The van der Waals surface area contributed by atoms with Crippen LogP contribution in [-0.4, -0.2) is 43.3 Å². The van der Waals surface area contributed by atoms with Gasteiger partial charge in [-0.05, 0) is 38.8 Å². The molecule has 5 heteroatoms. The fourth-order valence-electron chi connectivity index (χ4n) is 2.07. The van der Waals surface area contributed by atoms with E-state index in [0.29, 0.717) is 0 Å². The summed E-state index contributed by atoms with van der Waals surface area (Å²) in [5.41, 5.74) is 10.4. The number of nitrogens with zero attached hydrogens (tertiary/aromatic N) is 1. The van der Waals surface area contributed by atoms with E-state index >= 15 is 0 Å². The molecule has 1 rings (SSSR count). The molecular weight excluding hydrogens is 206 g/mol. The normalized spacial score (nSPS) is 18.6. The fraction of sp³-hybridized carbons (Fsp3) is 0.909. The minimum absolute atomic E-state index is 0.0257. The molecule has 0 saturated carbocycles. The standard InChI is InChI=1S/C11H23N3O2/c12-6-2-1-3-7-14-8-4-10(5-9-14)16-11(13)15/h10H,1-9,12H2,(H2,13,15). The van der Waals surface area contributed by atoms with Crippen LogP contribution in [0.5, 0.6) is 0 Å². The summed E-state index contributed by atoms with van der Waals surface area (Å²) in [6.07, 6.45) is 4.70. The van der Waals surface area contributed by atoms with Crippen LogP contribution >= 0.6 is 0 Å². The minimum atomic E-state index is -0.651. The average Bonchev–Trinajstić information content (AvgIpc) is 2.26. The van der Waals surface area contributed by atoms with Gasteiger partial charge in [0.15, 0.2) is 0 Å². The Hall–Kier alpha value is -0.810. The zero-order chi connectivity index (χ0) is 11.8. The van der Waals surface area contributed by atoms with Gasteiger partial charge in [-0.3, -0.25) is 0 Å². The number of carbonyl (C=O) groups excluding carboxylic acids is 1. The van der Waals surface area contributed by atoms with Crippen LogP contribution in [0.2, 0.25) is 0 Å². The van der Waals surface area contributed by atoms with Crippen molar-refractivity contribution in [1.29, 1.82) is 0 Å². The Kier molecular flexibility index (Phi) is 6.18. The lowest BCUT2D eigenvalue weighted by Crippen LogP contribution is -2.39. The Balaban J connectivity index is 2.05. The quantitative estimate of drug-likeness (QED) is 0.656. The first kappa shape index (κ1) is 13.3. The van der Waals surface area contributed by atoms with Crippen molar-refractivity contribution in [2.75, 3.05) is 26.2 Å². The third-order valence-electron chi connectivity index (χ3n) is 3.00. The number of hydrogen-bond donors (Lipinski definition) is 2. The van der Waals surface area contributed by atoms with Crippen molar-refractivity contribution in [3.8, 4) is 0 Å². The third kappa shape index (κ3) is 5.32. The molecule has 1 saturated heterocycles. The van der Waals surface area contributed by atoms with Crippen molar-refractivity contribution >= 4 is 6.09 Å². The predicted molar refractivity (Wildman–Crippen MR) is 63.0 cm³/mol. The first-order chi connectivity index (χ1) is 7.72. The first-order valence-electron chi connectivity index (χ1n) is 6.11. The molecule has 1 heterocycles. The highest BCUT2D eigenvalue weighted by Crippen LogP contribution is 2.14. The van der Waals surface area contributed by atoms with E-state index in [-0.39, 0.29) is 6.10 Å². The molecule has 5 nitrogen and oxygen atoms in total. The molecule has 1 aliphatic rings. The lowest BCUT2D eigenvalue weighted by Gasteiger charge is -2.31. The second kappa shape index (κ2) is 7.46. The second-order valence-electron chi connectivity index (χ2n) is 4.33. The van der Waals surface area contributed by atoms with Gasteiger partial charge in [0.2, 0.25) is 0 Å². The van der Waals surface area contributed by atoms with E-state index in [9.17, 15) is 4.79 Å². The Morgan fingerprint density at radius 2 is 1.94 bits per heavy atom. The van der Waals surface area contributed by atoms with Crippen LogP contribution in [0.1, 0.15) is 32.1 Å². The zero-order valence-corrected chi connectivity index (χ0v) is 9.86. The molecule has 0 atom stereocenters. The molecule has 16 heavy (non-hydrogen) atoms. The van der Waals surface area contributed by atoms with E-state index in [1.165, 1.54) is 12.8 Å². The van der Waals surface area contributed by atoms with Gasteiger partial charge in [-0.25, -0.2) is 4.79 Å². The summed E-state index contributed by atoms with van der Waals surface area (Å²) in [4.78, 5) is 13.0. The van der Waals surface area contributed by atoms with Crippen LogP contribution in [-0.2, 0) is 4.74 Å². The molecule has 0 unspecified atom stereocenters. The van der Waals surface area contributed by atoms with Crippen LogP contribution in [0, 0.1) is 0 Å². The van der Waals surface area contributed by atoms with Gasteiger partial charge in [-0.15, -0.1) is 0 Å². The van der Waals surface area contributed by atoms with Crippen molar-refractivity contribution in [1.82, 2.24) is 4.90 Å². The van der Waals surface area contributed by atoms with E-state index in [1.807, 2.05) is 0 Å². The highest BCUT2D eigenvalue weighted by atomic mass is 16.6. The summed E-state index contributed by atoms with van der Waals surface area (Å²) in [6, 6.07) is 0. The number of primary amides is 1. The maximum Gasteiger partial charge on any atom is 0.404 e. The highest BCUT2D eigenvalue weighted by Gasteiger charge is 2.20. The van der Waals surface area contributed by atoms with Gasteiger partial charge in [-0.1, -0.05) is 6.42 Å². The largest absolute Gasteiger partial charge is 0.446 e. The summed E-state index contributed by atoms with van der Waals surface area (Å²) in [5.74, 6) is 0. The molecular formula is C11H23N3O2. The lowest BCUT2D eigenvalue weighted by molar-refractivity contribution is 0.0558. The molecule has 0 aromatic heterocycles. The molecule has 0 spiro atoms. The van der Waals surface area contributed by atoms with Crippen LogP contribution in [0.4, 0.5) is 4.79 Å². The van der Waals surface area contributed by atoms with Gasteiger partial charge in [0.05, 0.1) is 0 Å². The molecule has 1 amide bonds. The number of hydrogen-bond acceptors (Lipinski definition) is 4. The van der Waals surface area contributed by atoms with Crippen LogP contribution < -0.4 is 11.5 Å². The Labute approximate surface area is 97.1 Å². The zero-order valence-electron chi connectivity index (χ0n) is 9.86. The van der Waals surface area contributed by atoms with Crippen molar-refractivity contribution < 1.29 is 9.53 Å². The van der Waals surface area contributed by atoms with E-state index in [2.05, 4.69) is 4.90 Å². The number of piperidine rings is 1. The molecule has 0 aromatic carbocycles. The predicted octanol–water partition coefficient (Wildman–Crippen LogP) is 0.675. The smallest absolute Gasteiger partial charge is 0.404 e. The van der Waals surface area contributed by atoms with Gasteiger partial charge in [-0.2, -0.15) is 0 Å². The Morgan fingerprint density at radius 1 is 1.25 bits per heavy atom. The first-order valence-corrected chi connectivity index (χ1v) is 6.11. The maximum atomic E-state index is 10.6. The molecule has 0 aromatic rings. The minimum Gasteiger partial charge on any atom is -0.446 e. The van der Waals surface area contributed by atoms with E-state index in [0.717, 1.165) is 45.4 Å². The van der Waals surface area contributed by atoms with E-state index in [4.69, 9.17) is 16.2 Å². The highest BCUT2D eigenvalue weighted by molar-refractivity contribution is 5.64. The van der Waals surface area contributed by atoms with Gasteiger partial charge >= 0.3 is 6.09 Å². The summed E-state index contributed by atoms with van der Waals surface area (Å²) >= 11 is 0. The van der Waals surface area contributed by atoms with E-state index in [1.54, 1.807) is 0 Å². The van der Waals surface area contributed by atoms with Crippen molar-refractivity contribution in [3.05, 3.63) is 0 Å². The number of carbonyl (C=O) groups is 1. The average molecular weight is 229 g/mol. The second-order valence-corrected chi connectivity index (χ2v) is 4.33. The summed E-state index contributed by atoms with van der Waals surface area (Å²) < 4.78 is 4.98.